The number of benzene rings is 1. The molecule has 1 fully saturated rings. The Balaban J connectivity index is 1.99. The predicted molar refractivity (Wildman–Crippen MR) is 81.1 cm³/mol. The van der Waals surface area contributed by atoms with E-state index in [4.69, 9.17) is 9.84 Å². The van der Waals surface area contributed by atoms with Gasteiger partial charge in [-0.25, -0.2) is 9.59 Å². The highest BCUT2D eigenvalue weighted by molar-refractivity contribution is 5.87. The number of aliphatic hydroxyl groups excluding tert-OH is 1. The fourth-order valence-electron chi connectivity index (χ4n) is 2.60. The molecule has 0 heterocycles. The Morgan fingerprint density at radius 1 is 1.21 bits per heavy atom. The number of aliphatic hydroxyl groups is 2. The molecule has 5 N–H and O–H groups in total. The quantitative estimate of drug-likeness (QED) is 0.301. The molecular formula is C16H18O8. The van der Waals surface area contributed by atoms with Crippen LogP contribution in [0.2, 0.25) is 0 Å². The highest BCUT2D eigenvalue weighted by Crippen LogP contribution is 2.31. The molecule has 8 nitrogen and oxygen atoms in total. The molecule has 1 aliphatic carbocycles. The third-order valence-corrected chi connectivity index (χ3v) is 3.77. The maximum atomic E-state index is 11.8. The van der Waals surface area contributed by atoms with E-state index in [1.54, 1.807) is 0 Å². The molecule has 0 amide bonds. The number of aliphatic carboxylic acids is 1. The van der Waals surface area contributed by atoms with Crippen LogP contribution >= 0.6 is 0 Å². The number of phenolic OH excluding ortho intramolecular Hbond substituents is 2. The second kappa shape index (κ2) is 6.90. The van der Waals surface area contributed by atoms with E-state index in [0.717, 1.165) is 6.08 Å². The summed E-state index contributed by atoms with van der Waals surface area (Å²) in [6, 6.07) is 3.96. The lowest BCUT2D eigenvalue weighted by Gasteiger charge is -2.35. The van der Waals surface area contributed by atoms with E-state index in [1.165, 1.54) is 24.3 Å². The van der Waals surface area contributed by atoms with Crippen LogP contribution in [-0.4, -0.2) is 55.3 Å². The lowest BCUT2D eigenvalue weighted by molar-refractivity contribution is -0.178. The van der Waals surface area contributed by atoms with Gasteiger partial charge in [0.05, 0.1) is 6.10 Å². The van der Waals surface area contributed by atoms with Crippen molar-refractivity contribution in [3.63, 3.8) is 0 Å². The van der Waals surface area contributed by atoms with Crippen LogP contribution in [0.25, 0.3) is 6.08 Å². The molecule has 130 valence electrons. The van der Waals surface area contributed by atoms with Crippen molar-refractivity contribution in [1.82, 2.24) is 0 Å². The summed E-state index contributed by atoms with van der Waals surface area (Å²) in [7, 11) is 0. The van der Waals surface area contributed by atoms with E-state index in [2.05, 4.69) is 0 Å². The number of aromatic hydroxyl groups is 2. The van der Waals surface area contributed by atoms with Gasteiger partial charge in [0.2, 0.25) is 0 Å². The van der Waals surface area contributed by atoms with Gasteiger partial charge >= 0.3 is 11.9 Å². The highest BCUT2D eigenvalue weighted by Gasteiger charge is 2.45. The Kier molecular flexibility index (Phi) is 5.10. The Morgan fingerprint density at radius 3 is 2.54 bits per heavy atom. The standard InChI is InChI=1S/C16H18O8/c17-10-6-11(8-16(23,7-10)15(21)22)24-14(20)4-2-9-1-3-12(18)13(19)5-9/h1-5,10-11,17-19,23H,6-8H2,(H,21,22)/b4-2+/t10-,11-,16-/m0/s1. The molecular weight excluding hydrogens is 320 g/mol. The lowest BCUT2D eigenvalue weighted by atomic mass is 9.81. The fraction of sp³-hybridized carbons (Fsp3) is 0.375. The van der Waals surface area contributed by atoms with Gasteiger partial charge in [0.25, 0.3) is 0 Å². The fourth-order valence-corrected chi connectivity index (χ4v) is 2.60. The van der Waals surface area contributed by atoms with Gasteiger partial charge in [0.1, 0.15) is 6.10 Å². The van der Waals surface area contributed by atoms with Gasteiger partial charge < -0.3 is 30.3 Å². The summed E-state index contributed by atoms with van der Waals surface area (Å²) in [5.41, 5.74) is -1.69. The predicted octanol–water partition coefficient (Wildman–Crippen LogP) is 0.383. The molecule has 24 heavy (non-hydrogen) atoms. The molecule has 0 spiro atoms. The average molecular weight is 338 g/mol. The van der Waals surface area contributed by atoms with Gasteiger partial charge in [0.15, 0.2) is 17.1 Å². The molecule has 0 unspecified atom stereocenters. The number of carbonyl (C=O) groups excluding carboxylic acids is 1. The smallest absolute Gasteiger partial charge is 0.335 e. The summed E-state index contributed by atoms with van der Waals surface area (Å²) < 4.78 is 5.06. The number of phenols is 2. The molecule has 0 saturated heterocycles. The molecule has 1 aromatic carbocycles. The third kappa shape index (κ3) is 4.24. The van der Waals surface area contributed by atoms with E-state index >= 15 is 0 Å². The molecule has 1 aromatic rings. The number of hydrogen-bond donors (Lipinski definition) is 5. The van der Waals surface area contributed by atoms with Crippen LogP contribution in [0.1, 0.15) is 24.8 Å². The Morgan fingerprint density at radius 2 is 1.92 bits per heavy atom. The van der Waals surface area contributed by atoms with Crippen LogP contribution in [0.3, 0.4) is 0 Å². The monoisotopic (exact) mass is 338 g/mol. The maximum absolute atomic E-state index is 11.8. The average Bonchev–Trinajstić information content (AvgIpc) is 2.47. The molecule has 0 aromatic heterocycles. The summed E-state index contributed by atoms with van der Waals surface area (Å²) in [5, 5.41) is 47.2. The highest BCUT2D eigenvalue weighted by atomic mass is 16.5. The molecule has 3 atom stereocenters. The number of esters is 1. The van der Waals surface area contributed by atoms with Crippen LogP contribution in [0.15, 0.2) is 24.3 Å². The van der Waals surface area contributed by atoms with Crippen LogP contribution in [0.5, 0.6) is 11.5 Å². The molecule has 8 heteroatoms. The summed E-state index contributed by atoms with van der Waals surface area (Å²) in [5.74, 6) is -2.89. The van der Waals surface area contributed by atoms with E-state index < -0.39 is 29.7 Å². The van der Waals surface area contributed by atoms with E-state index in [0.29, 0.717) is 5.56 Å². The Hall–Kier alpha value is -2.58. The van der Waals surface area contributed by atoms with Gasteiger partial charge in [-0.15, -0.1) is 0 Å². The SMILES string of the molecule is O=C(/C=C/c1ccc(O)c(O)c1)O[C@H]1C[C@H](O)C[C@@](O)(C(=O)O)C1. The zero-order valence-electron chi connectivity index (χ0n) is 12.6. The molecule has 0 radical (unpaired) electrons. The van der Waals surface area contributed by atoms with Crippen molar-refractivity contribution in [2.24, 2.45) is 0 Å². The Bertz CT molecular complexity index is 668. The number of carbonyl (C=O) groups is 2. The van der Waals surface area contributed by atoms with Crippen molar-refractivity contribution in [3.05, 3.63) is 29.8 Å². The topological polar surface area (TPSA) is 145 Å². The first kappa shape index (κ1) is 17.8. The van der Waals surface area contributed by atoms with E-state index in [1.807, 2.05) is 0 Å². The molecule has 0 aliphatic heterocycles. The minimum absolute atomic E-state index is 0.0369. The van der Waals surface area contributed by atoms with Crippen LogP contribution in [-0.2, 0) is 14.3 Å². The second-order valence-corrected chi connectivity index (χ2v) is 5.77. The minimum atomic E-state index is -2.13. The summed E-state index contributed by atoms with van der Waals surface area (Å²) in [4.78, 5) is 22.9. The van der Waals surface area contributed by atoms with E-state index in [9.17, 15) is 30.0 Å². The van der Waals surface area contributed by atoms with Crippen molar-refractivity contribution in [3.8, 4) is 11.5 Å². The van der Waals surface area contributed by atoms with Gasteiger partial charge in [0, 0.05) is 25.3 Å². The first-order chi connectivity index (χ1) is 11.2. The molecule has 1 aliphatic rings. The number of hydrogen-bond acceptors (Lipinski definition) is 7. The maximum Gasteiger partial charge on any atom is 0.335 e. The van der Waals surface area contributed by atoms with Crippen LogP contribution < -0.4 is 0 Å². The summed E-state index contributed by atoms with van der Waals surface area (Å²) in [6.45, 7) is 0. The first-order valence-electron chi connectivity index (χ1n) is 7.24. The summed E-state index contributed by atoms with van der Waals surface area (Å²) in [6.07, 6.45) is -0.208. The number of ether oxygens (including phenoxy) is 1. The van der Waals surface area contributed by atoms with Gasteiger partial charge in [-0.05, 0) is 23.8 Å². The van der Waals surface area contributed by atoms with Crippen LogP contribution in [0.4, 0.5) is 0 Å². The summed E-state index contributed by atoms with van der Waals surface area (Å²) >= 11 is 0. The number of carboxylic acid groups (broad SMARTS) is 1. The third-order valence-electron chi connectivity index (χ3n) is 3.77. The van der Waals surface area contributed by atoms with Crippen molar-refractivity contribution < 1.29 is 39.9 Å². The zero-order chi connectivity index (χ0) is 17.9. The first-order valence-corrected chi connectivity index (χ1v) is 7.24. The minimum Gasteiger partial charge on any atom is -0.504 e. The lowest BCUT2D eigenvalue weighted by Crippen LogP contribution is -2.50. The van der Waals surface area contributed by atoms with Crippen molar-refractivity contribution in [2.75, 3.05) is 0 Å². The Labute approximate surface area is 137 Å². The largest absolute Gasteiger partial charge is 0.504 e. The second-order valence-electron chi connectivity index (χ2n) is 5.77. The van der Waals surface area contributed by atoms with Crippen molar-refractivity contribution in [1.29, 1.82) is 0 Å². The molecule has 2 rings (SSSR count). The van der Waals surface area contributed by atoms with Crippen molar-refractivity contribution >= 4 is 18.0 Å². The van der Waals surface area contributed by atoms with Gasteiger partial charge in [-0.1, -0.05) is 6.07 Å². The number of carboxylic acids is 1. The van der Waals surface area contributed by atoms with Gasteiger partial charge in [-0.2, -0.15) is 0 Å². The normalized spacial score (nSPS) is 27.1. The van der Waals surface area contributed by atoms with Crippen molar-refractivity contribution in [2.45, 2.75) is 37.1 Å². The van der Waals surface area contributed by atoms with Gasteiger partial charge in [-0.3, -0.25) is 0 Å². The van der Waals surface area contributed by atoms with Crippen LogP contribution in [0, 0.1) is 0 Å². The molecule has 0 bridgehead atoms. The zero-order valence-corrected chi connectivity index (χ0v) is 12.6. The molecule has 1 saturated carbocycles. The van der Waals surface area contributed by atoms with E-state index in [-0.39, 0.29) is 30.8 Å². The number of rotatable bonds is 4.